The van der Waals surface area contributed by atoms with Crippen LogP contribution in [-0.2, 0) is 27.1 Å². The Labute approximate surface area is 160 Å². The molecule has 0 radical (unpaired) electrons. The number of rotatable bonds is 4. The molecule has 1 aliphatic carbocycles. The third kappa shape index (κ3) is 4.13. The fourth-order valence-corrected chi connectivity index (χ4v) is 3.59. The van der Waals surface area contributed by atoms with E-state index in [2.05, 4.69) is 12.2 Å². The number of ether oxygens (including phenoxy) is 1. The number of nitrogens with zero attached hydrogens (tertiary/aromatic N) is 1. The third-order valence-electron chi connectivity index (χ3n) is 5.32. The van der Waals surface area contributed by atoms with E-state index < -0.39 is 41.7 Å². The SMILES string of the molecule is CC1CCC2(CC1)NC(=O)N(CC(=O)OCc1cccc(C(F)(F)F)c1)C2=O. The first-order valence-corrected chi connectivity index (χ1v) is 9.06. The molecule has 1 N–H and O–H groups in total. The Morgan fingerprint density at radius 3 is 2.61 bits per heavy atom. The molecule has 1 heterocycles. The van der Waals surface area contributed by atoms with Gasteiger partial charge in [0, 0.05) is 0 Å². The van der Waals surface area contributed by atoms with Crippen molar-refractivity contribution >= 4 is 17.9 Å². The maximum Gasteiger partial charge on any atom is 0.416 e. The van der Waals surface area contributed by atoms with E-state index in [1.54, 1.807) is 0 Å². The average Bonchev–Trinajstić information content (AvgIpc) is 2.86. The van der Waals surface area contributed by atoms with Gasteiger partial charge in [0.1, 0.15) is 18.7 Å². The van der Waals surface area contributed by atoms with Gasteiger partial charge in [-0.3, -0.25) is 14.5 Å². The second kappa shape index (κ2) is 7.44. The lowest BCUT2D eigenvalue weighted by Crippen LogP contribution is -2.49. The molecule has 2 aliphatic rings. The molecule has 28 heavy (non-hydrogen) atoms. The molecule has 0 bridgehead atoms. The first-order valence-electron chi connectivity index (χ1n) is 9.06. The molecule has 0 atom stereocenters. The van der Waals surface area contributed by atoms with Crippen molar-refractivity contribution in [1.29, 1.82) is 0 Å². The molecule has 0 aromatic heterocycles. The van der Waals surface area contributed by atoms with E-state index in [1.165, 1.54) is 12.1 Å². The van der Waals surface area contributed by atoms with Gasteiger partial charge in [-0.2, -0.15) is 13.2 Å². The van der Waals surface area contributed by atoms with Crippen LogP contribution >= 0.6 is 0 Å². The van der Waals surface area contributed by atoms with Crippen LogP contribution in [0.25, 0.3) is 0 Å². The average molecular weight is 398 g/mol. The van der Waals surface area contributed by atoms with Crippen LogP contribution in [0.4, 0.5) is 18.0 Å². The van der Waals surface area contributed by atoms with Gasteiger partial charge in [-0.15, -0.1) is 0 Å². The van der Waals surface area contributed by atoms with Crippen LogP contribution in [0.15, 0.2) is 24.3 Å². The van der Waals surface area contributed by atoms with Crippen molar-refractivity contribution in [3.63, 3.8) is 0 Å². The Morgan fingerprint density at radius 2 is 1.96 bits per heavy atom. The van der Waals surface area contributed by atoms with E-state index in [0.717, 1.165) is 29.9 Å². The van der Waals surface area contributed by atoms with Crippen molar-refractivity contribution in [3.05, 3.63) is 35.4 Å². The Kier molecular flexibility index (Phi) is 5.36. The number of urea groups is 1. The summed E-state index contributed by atoms with van der Waals surface area (Å²) in [4.78, 5) is 37.7. The third-order valence-corrected chi connectivity index (χ3v) is 5.32. The summed E-state index contributed by atoms with van der Waals surface area (Å²) in [6.07, 6.45) is -1.84. The molecule has 152 valence electrons. The topological polar surface area (TPSA) is 75.7 Å². The lowest BCUT2D eigenvalue weighted by molar-refractivity contribution is -0.149. The van der Waals surface area contributed by atoms with Gasteiger partial charge in [0.05, 0.1) is 5.56 Å². The molecular formula is C19H21F3N2O4. The summed E-state index contributed by atoms with van der Waals surface area (Å²) in [7, 11) is 0. The van der Waals surface area contributed by atoms with Crippen LogP contribution in [0.3, 0.4) is 0 Å². The molecule has 1 aromatic carbocycles. The van der Waals surface area contributed by atoms with Crippen LogP contribution in [0.2, 0.25) is 0 Å². The molecule has 1 aromatic rings. The zero-order chi connectivity index (χ0) is 20.5. The van der Waals surface area contributed by atoms with Crippen LogP contribution in [0.5, 0.6) is 0 Å². The second-order valence-corrected chi connectivity index (χ2v) is 7.44. The Hall–Kier alpha value is -2.58. The number of hydrogen-bond acceptors (Lipinski definition) is 4. The maximum atomic E-state index is 12.7. The number of esters is 1. The van der Waals surface area contributed by atoms with Gasteiger partial charge in [0.15, 0.2) is 0 Å². The molecule has 3 amide bonds. The number of carbonyl (C=O) groups is 3. The predicted octanol–water partition coefficient (Wildman–Crippen LogP) is 3.25. The van der Waals surface area contributed by atoms with Crippen molar-refractivity contribution in [2.45, 2.75) is 50.9 Å². The van der Waals surface area contributed by atoms with Crippen LogP contribution < -0.4 is 5.32 Å². The van der Waals surface area contributed by atoms with Crippen molar-refractivity contribution < 1.29 is 32.3 Å². The minimum atomic E-state index is -4.49. The number of imide groups is 1. The van der Waals surface area contributed by atoms with Gasteiger partial charge in [-0.05, 0) is 49.3 Å². The Balaban J connectivity index is 1.58. The van der Waals surface area contributed by atoms with Gasteiger partial charge >= 0.3 is 18.2 Å². The highest BCUT2D eigenvalue weighted by Crippen LogP contribution is 2.36. The number of hydrogen-bond donors (Lipinski definition) is 1. The van der Waals surface area contributed by atoms with E-state index in [9.17, 15) is 27.6 Å². The lowest BCUT2D eigenvalue weighted by atomic mass is 9.77. The molecule has 1 spiro atoms. The number of nitrogens with one attached hydrogen (secondary N) is 1. The number of benzene rings is 1. The van der Waals surface area contributed by atoms with Gasteiger partial charge in [-0.1, -0.05) is 19.1 Å². The molecule has 2 fully saturated rings. The number of halogens is 3. The highest BCUT2D eigenvalue weighted by atomic mass is 19.4. The summed E-state index contributed by atoms with van der Waals surface area (Å²) in [6, 6.07) is 3.78. The first-order chi connectivity index (χ1) is 13.1. The van der Waals surface area contributed by atoms with E-state index in [4.69, 9.17) is 4.74 Å². The Morgan fingerprint density at radius 1 is 1.29 bits per heavy atom. The molecule has 0 unspecified atom stereocenters. The zero-order valence-electron chi connectivity index (χ0n) is 15.3. The normalized spacial score (nSPS) is 25.1. The first kappa shape index (κ1) is 20.2. The molecule has 3 rings (SSSR count). The van der Waals surface area contributed by atoms with Crippen LogP contribution in [0.1, 0.15) is 43.7 Å². The highest BCUT2D eigenvalue weighted by molar-refractivity contribution is 6.08. The zero-order valence-corrected chi connectivity index (χ0v) is 15.3. The number of alkyl halides is 3. The van der Waals surface area contributed by atoms with Crippen molar-refractivity contribution in [2.75, 3.05) is 6.54 Å². The van der Waals surface area contributed by atoms with Crippen LogP contribution in [-0.4, -0.2) is 34.9 Å². The van der Waals surface area contributed by atoms with Crippen molar-refractivity contribution in [3.8, 4) is 0 Å². The number of amides is 3. The predicted molar refractivity (Wildman–Crippen MR) is 91.8 cm³/mol. The fraction of sp³-hybridized carbons (Fsp3) is 0.526. The van der Waals surface area contributed by atoms with E-state index in [-0.39, 0.29) is 12.2 Å². The van der Waals surface area contributed by atoms with Crippen molar-refractivity contribution in [1.82, 2.24) is 10.2 Å². The van der Waals surface area contributed by atoms with Gasteiger partial charge in [0.25, 0.3) is 5.91 Å². The maximum absolute atomic E-state index is 12.7. The highest BCUT2D eigenvalue weighted by Gasteiger charge is 2.52. The monoisotopic (exact) mass is 398 g/mol. The summed E-state index contributed by atoms with van der Waals surface area (Å²) in [5, 5.41) is 2.70. The summed E-state index contributed by atoms with van der Waals surface area (Å²) in [5.41, 5.74) is -1.63. The quantitative estimate of drug-likeness (QED) is 0.624. The summed E-state index contributed by atoms with van der Waals surface area (Å²) in [5.74, 6) is -0.829. The Bertz CT molecular complexity index is 786. The van der Waals surface area contributed by atoms with Gasteiger partial charge in [-0.25, -0.2) is 4.79 Å². The minimum Gasteiger partial charge on any atom is -0.459 e. The standard InChI is InChI=1S/C19H21F3N2O4/c1-12-5-7-18(8-6-12)16(26)24(17(27)23-18)10-15(25)28-11-13-3-2-4-14(9-13)19(20,21)22/h2-4,9,12H,5-8,10-11H2,1H3,(H,23,27). The molecule has 9 heteroatoms. The fourth-order valence-electron chi connectivity index (χ4n) is 3.59. The molecule has 1 saturated carbocycles. The molecule has 1 saturated heterocycles. The summed E-state index contributed by atoms with van der Waals surface area (Å²) >= 11 is 0. The van der Waals surface area contributed by atoms with Gasteiger partial charge < -0.3 is 10.1 Å². The van der Waals surface area contributed by atoms with Crippen LogP contribution in [0, 0.1) is 5.92 Å². The van der Waals surface area contributed by atoms with E-state index >= 15 is 0 Å². The smallest absolute Gasteiger partial charge is 0.416 e. The second-order valence-electron chi connectivity index (χ2n) is 7.44. The lowest BCUT2D eigenvalue weighted by Gasteiger charge is -2.33. The van der Waals surface area contributed by atoms with Gasteiger partial charge in [0.2, 0.25) is 0 Å². The summed E-state index contributed by atoms with van der Waals surface area (Å²) in [6.45, 7) is 1.13. The summed E-state index contributed by atoms with van der Waals surface area (Å²) < 4.78 is 43.1. The number of carbonyl (C=O) groups excluding carboxylic acids is 3. The minimum absolute atomic E-state index is 0.165. The van der Waals surface area contributed by atoms with Crippen molar-refractivity contribution in [2.24, 2.45) is 5.92 Å². The van der Waals surface area contributed by atoms with E-state index in [0.29, 0.717) is 18.8 Å². The molecular weight excluding hydrogens is 377 g/mol. The molecule has 6 nitrogen and oxygen atoms in total. The molecule has 1 aliphatic heterocycles. The largest absolute Gasteiger partial charge is 0.459 e. The van der Waals surface area contributed by atoms with E-state index in [1.807, 2.05) is 0 Å².